The van der Waals surface area contributed by atoms with Gasteiger partial charge in [-0.1, -0.05) is 23.7 Å². The van der Waals surface area contributed by atoms with E-state index in [0.717, 1.165) is 24.7 Å². The van der Waals surface area contributed by atoms with Crippen LogP contribution in [0.3, 0.4) is 0 Å². The van der Waals surface area contributed by atoms with Crippen molar-refractivity contribution in [3.8, 4) is 0 Å². The molecule has 1 fully saturated rings. The predicted octanol–water partition coefficient (Wildman–Crippen LogP) is 2.35. The predicted molar refractivity (Wildman–Crippen MR) is 62.2 cm³/mol. The van der Waals surface area contributed by atoms with E-state index in [1.165, 1.54) is 5.56 Å². The molecule has 0 bridgehead atoms. The average molecular weight is 226 g/mol. The van der Waals surface area contributed by atoms with E-state index in [9.17, 15) is 0 Å². The highest BCUT2D eigenvalue weighted by Gasteiger charge is 2.40. The first kappa shape index (κ1) is 10.9. The second kappa shape index (κ2) is 4.12. The minimum atomic E-state index is 0.124. The number of hydrogen-bond acceptors (Lipinski definition) is 2. The summed E-state index contributed by atoms with van der Waals surface area (Å²) in [5.74, 6) is 0. The molecule has 0 radical (unpaired) electrons. The minimum absolute atomic E-state index is 0.124. The first-order valence-electron chi connectivity index (χ1n) is 5.22. The Kier molecular flexibility index (Phi) is 3.01. The van der Waals surface area contributed by atoms with Crippen molar-refractivity contribution in [3.05, 3.63) is 34.9 Å². The Morgan fingerprint density at radius 3 is 2.40 bits per heavy atom. The van der Waals surface area contributed by atoms with Crippen molar-refractivity contribution in [2.45, 2.75) is 24.8 Å². The lowest BCUT2D eigenvalue weighted by Crippen LogP contribution is -2.49. The molecule has 1 aromatic rings. The lowest BCUT2D eigenvalue weighted by atomic mass is 9.74. The number of hydrogen-bond donors (Lipinski definition) is 1. The average Bonchev–Trinajstić information content (AvgIpc) is 2.13. The monoisotopic (exact) mass is 225 g/mol. The second-order valence-electron chi connectivity index (χ2n) is 4.46. The number of benzene rings is 1. The zero-order chi connectivity index (χ0) is 10.9. The van der Waals surface area contributed by atoms with Crippen LogP contribution in [0.4, 0.5) is 0 Å². The van der Waals surface area contributed by atoms with Gasteiger partial charge in [-0.25, -0.2) is 0 Å². The van der Waals surface area contributed by atoms with Gasteiger partial charge in [-0.2, -0.15) is 0 Å². The lowest BCUT2D eigenvalue weighted by molar-refractivity contribution is -0.0665. The molecule has 0 aromatic heterocycles. The third-order valence-corrected chi connectivity index (χ3v) is 3.18. The maximum absolute atomic E-state index is 5.87. The van der Waals surface area contributed by atoms with Crippen molar-refractivity contribution in [1.82, 2.24) is 0 Å². The van der Waals surface area contributed by atoms with E-state index in [2.05, 4.69) is 12.1 Å². The van der Waals surface area contributed by atoms with Crippen LogP contribution < -0.4 is 5.73 Å². The highest BCUT2D eigenvalue weighted by molar-refractivity contribution is 6.30. The van der Waals surface area contributed by atoms with Crippen LogP contribution in [-0.2, 0) is 10.2 Å². The number of rotatable bonds is 3. The van der Waals surface area contributed by atoms with E-state index in [1.54, 1.807) is 0 Å². The maximum Gasteiger partial charge on any atom is 0.0586 e. The smallest absolute Gasteiger partial charge is 0.0586 e. The van der Waals surface area contributed by atoms with Gasteiger partial charge in [0.2, 0.25) is 0 Å². The molecule has 2 rings (SSSR count). The molecule has 1 aliphatic rings. The normalized spacial score (nSPS) is 20.7. The van der Waals surface area contributed by atoms with Crippen LogP contribution in [-0.4, -0.2) is 19.3 Å². The Labute approximate surface area is 95.4 Å². The number of halogens is 1. The Bertz CT molecular complexity index is 330. The van der Waals surface area contributed by atoms with E-state index in [0.29, 0.717) is 0 Å². The Hall–Kier alpha value is -0.570. The van der Waals surface area contributed by atoms with Gasteiger partial charge in [-0.05, 0) is 31.0 Å². The topological polar surface area (TPSA) is 35.2 Å². The van der Waals surface area contributed by atoms with Crippen LogP contribution in [0.5, 0.6) is 0 Å². The molecule has 0 saturated carbocycles. The Morgan fingerprint density at radius 2 is 2.00 bits per heavy atom. The first-order chi connectivity index (χ1) is 7.12. The summed E-state index contributed by atoms with van der Waals surface area (Å²) in [6.07, 6.45) is 0.967. The Morgan fingerprint density at radius 1 is 1.40 bits per heavy atom. The molecule has 15 heavy (non-hydrogen) atoms. The van der Waals surface area contributed by atoms with Crippen molar-refractivity contribution >= 4 is 11.6 Å². The molecule has 0 amide bonds. The lowest BCUT2D eigenvalue weighted by Gasteiger charge is -2.43. The molecule has 1 aliphatic heterocycles. The van der Waals surface area contributed by atoms with Gasteiger partial charge in [0.05, 0.1) is 13.2 Å². The molecule has 1 saturated heterocycles. The zero-order valence-corrected chi connectivity index (χ0v) is 9.63. The molecule has 82 valence electrons. The zero-order valence-electron chi connectivity index (χ0n) is 8.87. The van der Waals surface area contributed by atoms with Crippen LogP contribution in [0.15, 0.2) is 24.3 Å². The summed E-state index contributed by atoms with van der Waals surface area (Å²) < 4.78 is 5.34. The van der Waals surface area contributed by atoms with Gasteiger partial charge in [-0.3, -0.25) is 0 Å². The van der Waals surface area contributed by atoms with Crippen molar-refractivity contribution in [2.24, 2.45) is 5.73 Å². The summed E-state index contributed by atoms with van der Waals surface area (Å²) in [4.78, 5) is 0. The molecule has 1 heterocycles. The molecule has 3 heteroatoms. The van der Waals surface area contributed by atoms with Crippen LogP contribution in [0.1, 0.15) is 18.9 Å². The highest BCUT2D eigenvalue weighted by atomic mass is 35.5. The van der Waals surface area contributed by atoms with Crippen molar-refractivity contribution in [3.63, 3.8) is 0 Å². The molecule has 1 unspecified atom stereocenters. The maximum atomic E-state index is 5.87. The second-order valence-corrected chi connectivity index (χ2v) is 4.90. The summed E-state index contributed by atoms with van der Waals surface area (Å²) in [6, 6.07) is 8.21. The fourth-order valence-electron chi connectivity index (χ4n) is 2.17. The van der Waals surface area contributed by atoms with E-state index in [1.807, 2.05) is 19.1 Å². The molecule has 1 atom stereocenters. The van der Waals surface area contributed by atoms with Crippen LogP contribution >= 0.6 is 11.6 Å². The molecule has 1 aromatic carbocycles. The van der Waals surface area contributed by atoms with Crippen LogP contribution in [0.25, 0.3) is 0 Å². The van der Waals surface area contributed by atoms with Crippen molar-refractivity contribution < 1.29 is 4.74 Å². The van der Waals surface area contributed by atoms with E-state index >= 15 is 0 Å². The molecular formula is C12H16ClNO. The summed E-state index contributed by atoms with van der Waals surface area (Å²) in [5.41, 5.74) is 7.28. The molecule has 0 spiro atoms. The highest BCUT2D eigenvalue weighted by Crippen LogP contribution is 2.36. The van der Waals surface area contributed by atoms with Gasteiger partial charge >= 0.3 is 0 Å². The van der Waals surface area contributed by atoms with Gasteiger partial charge in [-0.15, -0.1) is 0 Å². The quantitative estimate of drug-likeness (QED) is 0.857. The summed E-state index contributed by atoms with van der Waals surface area (Å²) in [5, 5.41) is 0.773. The van der Waals surface area contributed by atoms with E-state index in [4.69, 9.17) is 22.1 Å². The third-order valence-electron chi connectivity index (χ3n) is 2.93. The van der Waals surface area contributed by atoms with E-state index < -0.39 is 0 Å². The van der Waals surface area contributed by atoms with Gasteiger partial charge in [0.1, 0.15) is 0 Å². The summed E-state index contributed by atoms with van der Waals surface area (Å²) >= 11 is 5.87. The number of nitrogens with two attached hydrogens (primary N) is 1. The van der Waals surface area contributed by atoms with Crippen LogP contribution in [0, 0.1) is 0 Å². The van der Waals surface area contributed by atoms with Gasteiger partial charge in [0, 0.05) is 16.5 Å². The van der Waals surface area contributed by atoms with Crippen molar-refractivity contribution in [2.75, 3.05) is 13.2 Å². The third kappa shape index (κ3) is 2.17. The van der Waals surface area contributed by atoms with Gasteiger partial charge < -0.3 is 10.5 Å². The summed E-state index contributed by atoms with van der Waals surface area (Å²) in [7, 11) is 0. The van der Waals surface area contributed by atoms with Crippen molar-refractivity contribution in [1.29, 1.82) is 0 Å². The van der Waals surface area contributed by atoms with Crippen LogP contribution in [0.2, 0.25) is 5.02 Å². The molecule has 2 nitrogen and oxygen atoms in total. The molecule has 0 aliphatic carbocycles. The van der Waals surface area contributed by atoms with E-state index in [-0.39, 0.29) is 11.5 Å². The first-order valence-corrected chi connectivity index (χ1v) is 5.60. The largest absolute Gasteiger partial charge is 0.379 e. The summed E-state index contributed by atoms with van der Waals surface area (Å²) in [6.45, 7) is 3.59. The standard InChI is InChI=1S/C12H16ClNO/c1-9(14)6-12(7-15-8-12)10-2-4-11(13)5-3-10/h2-5,9H,6-8,14H2,1H3. The number of ether oxygens (including phenoxy) is 1. The fourth-order valence-corrected chi connectivity index (χ4v) is 2.30. The van der Waals surface area contributed by atoms with Gasteiger partial charge in [0.25, 0.3) is 0 Å². The SMILES string of the molecule is CC(N)CC1(c2ccc(Cl)cc2)COC1. The van der Waals surface area contributed by atoms with Gasteiger partial charge in [0.15, 0.2) is 0 Å². The Balaban J connectivity index is 2.22. The minimum Gasteiger partial charge on any atom is -0.379 e. The molecule has 2 N–H and O–H groups in total. The molecular weight excluding hydrogens is 210 g/mol. The fraction of sp³-hybridized carbons (Fsp3) is 0.500.